The second-order valence-corrected chi connectivity index (χ2v) is 3.05. The van der Waals surface area contributed by atoms with Gasteiger partial charge in [-0.05, 0) is 16.5 Å². The Morgan fingerprint density at radius 3 is 3.07 bits per heavy atom. The number of epoxide rings is 1. The van der Waals surface area contributed by atoms with Crippen LogP contribution in [-0.4, -0.2) is 31.8 Å². The fourth-order valence-corrected chi connectivity index (χ4v) is 1.27. The van der Waals surface area contributed by atoms with E-state index >= 15 is 0 Å². The first kappa shape index (κ1) is 7.57. The van der Waals surface area contributed by atoms with Crippen LogP contribution in [-0.2, 0) is 4.74 Å². The third kappa shape index (κ3) is 1.25. The van der Waals surface area contributed by atoms with E-state index in [1.165, 1.54) is 6.33 Å². The SMILES string of the molecule is c1ncc(-n2cnnn2)cc1[C@H]1CO1. The van der Waals surface area contributed by atoms with Crippen LogP contribution in [0.5, 0.6) is 0 Å². The van der Waals surface area contributed by atoms with Crippen LogP contribution in [0.3, 0.4) is 0 Å². The fraction of sp³-hybridized carbons (Fsp3) is 0.250. The molecule has 0 unspecified atom stereocenters. The molecular formula is C8H7N5O. The van der Waals surface area contributed by atoms with Gasteiger partial charge in [-0.15, -0.1) is 5.10 Å². The molecule has 0 radical (unpaired) electrons. The minimum Gasteiger partial charge on any atom is -0.368 e. The third-order valence-electron chi connectivity index (χ3n) is 2.06. The van der Waals surface area contributed by atoms with Gasteiger partial charge in [0.05, 0.1) is 18.5 Å². The summed E-state index contributed by atoms with van der Waals surface area (Å²) < 4.78 is 6.73. The molecule has 1 aliphatic rings. The van der Waals surface area contributed by atoms with Gasteiger partial charge < -0.3 is 4.74 Å². The number of hydrogen-bond donors (Lipinski definition) is 0. The molecule has 0 amide bonds. The Bertz CT molecular complexity index is 437. The van der Waals surface area contributed by atoms with Crippen molar-refractivity contribution in [3.8, 4) is 5.69 Å². The summed E-state index contributed by atoms with van der Waals surface area (Å²) in [6, 6.07) is 1.97. The van der Waals surface area contributed by atoms with Crippen LogP contribution >= 0.6 is 0 Å². The molecule has 3 heterocycles. The quantitative estimate of drug-likeness (QED) is 0.628. The molecule has 1 saturated heterocycles. The summed E-state index contributed by atoms with van der Waals surface area (Å²) in [5, 5.41) is 10.9. The highest BCUT2D eigenvalue weighted by molar-refractivity contribution is 5.32. The maximum atomic E-state index is 5.17. The average Bonchev–Trinajstić information content (AvgIpc) is 2.94. The Kier molecular flexibility index (Phi) is 1.54. The van der Waals surface area contributed by atoms with Crippen molar-refractivity contribution >= 4 is 0 Å². The van der Waals surface area contributed by atoms with Gasteiger partial charge in [0, 0.05) is 11.8 Å². The first-order valence-corrected chi connectivity index (χ1v) is 4.23. The van der Waals surface area contributed by atoms with Crippen molar-refractivity contribution in [2.45, 2.75) is 6.10 Å². The normalized spacial score (nSPS) is 19.6. The Hall–Kier alpha value is -1.82. The summed E-state index contributed by atoms with van der Waals surface area (Å²) >= 11 is 0. The highest BCUT2D eigenvalue weighted by Crippen LogP contribution is 2.29. The number of nitrogens with zero attached hydrogens (tertiary/aromatic N) is 5. The number of tetrazole rings is 1. The number of aromatic nitrogens is 5. The lowest BCUT2D eigenvalue weighted by molar-refractivity contribution is 0.415. The maximum absolute atomic E-state index is 5.17. The molecule has 70 valence electrons. The van der Waals surface area contributed by atoms with Crippen LogP contribution in [0.15, 0.2) is 24.8 Å². The molecular weight excluding hydrogens is 182 g/mol. The van der Waals surface area contributed by atoms with Crippen molar-refractivity contribution in [3.05, 3.63) is 30.4 Å². The lowest BCUT2D eigenvalue weighted by atomic mass is 10.2. The van der Waals surface area contributed by atoms with Gasteiger partial charge >= 0.3 is 0 Å². The third-order valence-corrected chi connectivity index (χ3v) is 2.06. The van der Waals surface area contributed by atoms with Gasteiger partial charge in [-0.2, -0.15) is 4.68 Å². The van der Waals surface area contributed by atoms with Crippen LogP contribution in [0, 0.1) is 0 Å². The summed E-state index contributed by atoms with van der Waals surface area (Å²) in [6.45, 7) is 0.779. The standard InChI is InChI=1S/C8H7N5O/c1-6(8-4-14-8)2-9-3-7(1)13-5-10-11-12-13/h1-3,5,8H,4H2/t8-/m1/s1. The molecule has 0 aliphatic carbocycles. The average molecular weight is 189 g/mol. The highest BCUT2D eigenvalue weighted by atomic mass is 16.6. The van der Waals surface area contributed by atoms with Crippen LogP contribution in [0.1, 0.15) is 11.7 Å². The van der Waals surface area contributed by atoms with Crippen LogP contribution in [0.25, 0.3) is 5.69 Å². The van der Waals surface area contributed by atoms with Gasteiger partial charge in [-0.3, -0.25) is 4.98 Å². The summed E-state index contributed by atoms with van der Waals surface area (Å²) in [6.07, 6.45) is 5.25. The first-order chi connectivity index (χ1) is 6.93. The van der Waals surface area contributed by atoms with Crippen LogP contribution in [0.2, 0.25) is 0 Å². The molecule has 3 rings (SSSR count). The van der Waals surface area contributed by atoms with Crippen molar-refractivity contribution in [1.29, 1.82) is 0 Å². The molecule has 2 aromatic heterocycles. The van der Waals surface area contributed by atoms with Crippen LogP contribution in [0.4, 0.5) is 0 Å². The summed E-state index contributed by atoms with van der Waals surface area (Å²) in [7, 11) is 0. The zero-order valence-corrected chi connectivity index (χ0v) is 7.24. The Morgan fingerprint density at radius 1 is 1.43 bits per heavy atom. The van der Waals surface area contributed by atoms with E-state index in [2.05, 4.69) is 20.5 Å². The molecule has 1 atom stereocenters. The van der Waals surface area contributed by atoms with Gasteiger partial charge in [0.15, 0.2) is 0 Å². The molecule has 2 aromatic rings. The smallest absolute Gasteiger partial charge is 0.143 e. The van der Waals surface area contributed by atoms with E-state index in [1.54, 1.807) is 17.1 Å². The minimum absolute atomic E-state index is 0.207. The van der Waals surface area contributed by atoms with Crippen LogP contribution < -0.4 is 0 Å². The predicted molar refractivity (Wildman–Crippen MR) is 45.6 cm³/mol. The Morgan fingerprint density at radius 2 is 2.36 bits per heavy atom. The zero-order chi connectivity index (χ0) is 9.38. The molecule has 1 fully saturated rings. The number of hydrogen-bond acceptors (Lipinski definition) is 5. The number of pyridine rings is 1. The number of ether oxygens (including phenoxy) is 1. The fourth-order valence-electron chi connectivity index (χ4n) is 1.27. The van der Waals surface area contributed by atoms with E-state index in [-0.39, 0.29) is 6.10 Å². The number of rotatable bonds is 2. The minimum atomic E-state index is 0.207. The van der Waals surface area contributed by atoms with Crippen molar-refractivity contribution in [3.63, 3.8) is 0 Å². The summed E-state index contributed by atoms with van der Waals surface area (Å²) in [4.78, 5) is 4.11. The van der Waals surface area contributed by atoms with Gasteiger partial charge in [-0.25, -0.2) is 0 Å². The summed E-state index contributed by atoms with van der Waals surface area (Å²) in [5.74, 6) is 0. The molecule has 0 N–H and O–H groups in total. The van der Waals surface area contributed by atoms with E-state index in [4.69, 9.17) is 4.74 Å². The van der Waals surface area contributed by atoms with Crippen molar-refractivity contribution in [2.24, 2.45) is 0 Å². The topological polar surface area (TPSA) is 69.0 Å². The molecule has 14 heavy (non-hydrogen) atoms. The predicted octanol–water partition coefficient (Wildman–Crippen LogP) is 0.129. The van der Waals surface area contributed by atoms with E-state index in [9.17, 15) is 0 Å². The Labute approximate surface area is 79.5 Å². The second kappa shape index (κ2) is 2.85. The summed E-state index contributed by atoms with van der Waals surface area (Å²) in [5.41, 5.74) is 1.92. The molecule has 6 heteroatoms. The van der Waals surface area contributed by atoms with Gasteiger partial charge in [0.25, 0.3) is 0 Å². The van der Waals surface area contributed by atoms with Gasteiger partial charge in [-0.1, -0.05) is 0 Å². The lowest BCUT2D eigenvalue weighted by Gasteiger charge is -1.99. The van der Waals surface area contributed by atoms with Gasteiger partial charge in [0.1, 0.15) is 12.4 Å². The molecule has 0 aromatic carbocycles. The van der Waals surface area contributed by atoms with E-state index in [1.807, 2.05) is 6.07 Å². The van der Waals surface area contributed by atoms with E-state index in [0.717, 1.165) is 17.9 Å². The van der Waals surface area contributed by atoms with Crippen molar-refractivity contribution in [2.75, 3.05) is 6.61 Å². The first-order valence-electron chi connectivity index (χ1n) is 4.23. The van der Waals surface area contributed by atoms with Crippen molar-refractivity contribution < 1.29 is 4.74 Å². The molecule has 0 bridgehead atoms. The van der Waals surface area contributed by atoms with E-state index in [0.29, 0.717) is 0 Å². The van der Waals surface area contributed by atoms with Gasteiger partial charge in [0.2, 0.25) is 0 Å². The second-order valence-electron chi connectivity index (χ2n) is 3.05. The molecule has 0 saturated carbocycles. The molecule has 1 aliphatic heterocycles. The Balaban J connectivity index is 2.02. The molecule has 6 nitrogen and oxygen atoms in total. The van der Waals surface area contributed by atoms with Crippen molar-refractivity contribution in [1.82, 2.24) is 25.2 Å². The zero-order valence-electron chi connectivity index (χ0n) is 7.24. The monoisotopic (exact) mass is 189 g/mol. The lowest BCUT2D eigenvalue weighted by Crippen LogP contribution is -1.97. The van der Waals surface area contributed by atoms with E-state index < -0.39 is 0 Å². The maximum Gasteiger partial charge on any atom is 0.143 e. The highest BCUT2D eigenvalue weighted by Gasteiger charge is 2.25. The molecule has 0 spiro atoms. The largest absolute Gasteiger partial charge is 0.368 e.